The molecule has 1 fully saturated rings. The largest absolute Gasteiger partial charge is 0.322 e. The van der Waals surface area contributed by atoms with Crippen molar-refractivity contribution >= 4 is 22.6 Å². The Hall–Kier alpha value is -2.79. The third kappa shape index (κ3) is 4.80. The minimum Gasteiger partial charge on any atom is -0.322 e. The van der Waals surface area contributed by atoms with E-state index in [0.29, 0.717) is 5.56 Å². The highest BCUT2D eigenvalue weighted by Gasteiger charge is 2.11. The number of amides is 1. The molecule has 1 saturated heterocycles. The Morgan fingerprint density at radius 2 is 1.66 bits per heavy atom. The molecule has 1 amide bonds. The summed E-state index contributed by atoms with van der Waals surface area (Å²) in [6, 6.07) is 13.6. The Morgan fingerprint density at radius 3 is 2.38 bits per heavy atom. The molecule has 0 bridgehead atoms. The molecule has 1 aliphatic heterocycles. The molecule has 0 spiro atoms. The van der Waals surface area contributed by atoms with E-state index in [1.807, 2.05) is 32.0 Å². The fourth-order valence-electron chi connectivity index (χ4n) is 3.84. The van der Waals surface area contributed by atoms with E-state index in [2.05, 4.69) is 32.3 Å². The highest BCUT2D eigenvalue weighted by Crippen LogP contribution is 2.17. The maximum Gasteiger partial charge on any atom is 0.255 e. The number of aryl methyl sites for hydroxylation is 3. The lowest BCUT2D eigenvalue weighted by Crippen LogP contribution is -2.20. The first kappa shape index (κ1) is 19.5. The lowest BCUT2D eigenvalue weighted by Gasteiger charge is -2.14. The van der Waals surface area contributed by atoms with Crippen LogP contribution >= 0.6 is 0 Å². The number of carbonyl (C=O) groups is 1. The van der Waals surface area contributed by atoms with Crippen LogP contribution in [0.4, 0.5) is 5.69 Å². The van der Waals surface area contributed by atoms with Gasteiger partial charge in [-0.1, -0.05) is 12.1 Å². The van der Waals surface area contributed by atoms with Gasteiger partial charge < -0.3 is 10.2 Å². The minimum absolute atomic E-state index is 0.131. The normalized spacial score (nSPS) is 14.4. The molecular weight excluding hydrogens is 360 g/mol. The molecule has 4 rings (SSSR count). The van der Waals surface area contributed by atoms with Gasteiger partial charge in [0.05, 0.1) is 22.4 Å². The molecule has 0 unspecified atom stereocenters. The maximum atomic E-state index is 12.6. The lowest BCUT2D eigenvalue weighted by atomic mass is 10.1. The van der Waals surface area contributed by atoms with Crippen molar-refractivity contribution in [1.29, 1.82) is 0 Å². The first-order valence-corrected chi connectivity index (χ1v) is 10.5. The molecule has 29 heavy (non-hydrogen) atoms. The van der Waals surface area contributed by atoms with Crippen LogP contribution in [0.3, 0.4) is 0 Å². The summed E-state index contributed by atoms with van der Waals surface area (Å²) in [6.45, 7) is 7.57. The number of benzene rings is 2. The summed E-state index contributed by atoms with van der Waals surface area (Å²) in [6.07, 6.45) is 4.95. The molecule has 150 valence electrons. The fourth-order valence-corrected chi connectivity index (χ4v) is 3.84. The summed E-state index contributed by atoms with van der Waals surface area (Å²) in [5.74, 6) is -0.131. The first-order valence-electron chi connectivity index (χ1n) is 10.5. The Balaban J connectivity index is 1.36. The molecule has 1 aliphatic rings. The molecule has 3 aromatic rings. The average Bonchev–Trinajstić information content (AvgIpc) is 3.23. The highest BCUT2D eigenvalue weighted by molar-refractivity contribution is 6.05. The van der Waals surface area contributed by atoms with E-state index < -0.39 is 0 Å². The molecule has 1 N–H and O–H groups in total. The zero-order valence-corrected chi connectivity index (χ0v) is 17.2. The van der Waals surface area contributed by atoms with Crippen molar-refractivity contribution in [2.24, 2.45) is 0 Å². The van der Waals surface area contributed by atoms with Crippen LogP contribution in [-0.4, -0.2) is 40.4 Å². The summed E-state index contributed by atoms with van der Waals surface area (Å²) >= 11 is 0. The number of aromatic nitrogens is 2. The van der Waals surface area contributed by atoms with Crippen LogP contribution in [0.15, 0.2) is 42.5 Å². The van der Waals surface area contributed by atoms with Gasteiger partial charge in [0.1, 0.15) is 0 Å². The second-order valence-corrected chi connectivity index (χ2v) is 7.90. The van der Waals surface area contributed by atoms with E-state index in [1.54, 1.807) is 12.1 Å². The van der Waals surface area contributed by atoms with E-state index in [0.717, 1.165) is 34.5 Å². The van der Waals surface area contributed by atoms with E-state index >= 15 is 0 Å². The quantitative estimate of drug-likeness (QED) is 0.674. The highest BCUT2D eigenvalue weighted by atomic mass is 16.1. The van der Waals surface area contributed by atoms with Crippen LogP contribution in [0.2, 0.25) is 0 Å². The SMILES string of the molecule is Cc1nc2ccc(C(=O)Nc3ccc(CCCN4CCCC4)cc3)cc2nc1C. The molecule has 0 atom stereocenters. The number of hydrogen-bond donors (Lipinski definition) is 1. The number of carbonyl (C=O) groups excluding carboxylic acids is 1. The smallest absolute Gasteiger partial charge is 0.255 e. The van der Waals surface area contributed by atoms with Crippen molar-refractivity contribution in [3.05, 3.63) is 65.0 Å². The second-order valence-electron chi connectivity index (χ2n) is 7.90. The van der Waals surface area contributed by atoms with Gasteiger partial charge in [0.15, 0.2) is 0 Å². The van der Waals surface area contributed by atoms with E-state index in [-0.39, 0.29) is 5.91 Å². The third-order valence-electron chi connectivity index (χ3n) is 5.69. The zero-order chi connectivity index (χ0) is 20.2. The molecule has 0 saturated carbocycles. The van der Waals surface area contributed by atoms with Gasteiger partial charge >= 0.3 is 0 Å². The molecule has 0 aliphatic carbocycles. The summed E-state index contributed by atoms with van der Waals surface area (Å²) in [5, 5.41) is 2.98. The Kier molecular flexibility index (Phi) is 5.86. The van der Waals surface area contributed by atoms with Crippen molar-refractivity contribution in [2.45, 2.75) is 39.5 Å². The maximum absolute atomic E-state index is 12.6. The molecule has 5 nitrogen and oxygen atoms in total. The van der Waals surface area contributed by atoms with Crippen LogP contribution in [0.25, 0.3) is 11.0 Å². The Bertz CT molecular complexity index is 1010. The molecule has 1 aromatic heterocycles. The summed E-state index contributed by atoms with van der Waals surface area (Å²) in [7, 11) is 0. The van der Waals surface area contributed by atoms with E-state index in [1.165, 1.54) is 44.5 Å². The summed E-state index contributed by atoms with van der Waals surface area (Å²) < 4.78 is 0. The van der Waals surface area contributed by atoms with Crippen molar-refractivity contribution in [3.8, 4) is 0 Å². The van der Waals surface area contributed by atoms with Crippen molar-refractivity contribution < 1.29 is 4.79 Å². The van der Waals surface area contributed by atoms with Gasteiger partial charge in [0, 0.05) is 11.3 Å². The van der Waals surface area contributed by atoms with Crippen LogP contribution < -0.4 is 5.32 Å². The zero-order valence-electron chi connectivity index (χ0n) is 17.2. The van der Waals surface area contributed by atoms with E-state index in [4.69, 9.17) is 0 Å². The number of anilines is 1. The topological polar surface area (TPSA) is 58.1 Å². The second kappa shape index (κ2) is 8.70. The van der Waals surface area contributed by atoms with Gasteiger partial charge in [-0.2, -0.15) is 0 Å². The average molecular weight is 389 g/mol. The van der Waals surface area contributed by atoms with Crippen molar-refractivity contribution in [1.82, 2.24) is 14.9 Å². The van der Waals surface area contributed by atoms with Crippen molar-refractivity contribution in [3.63, 3.8) is 0 Å². The summed E-state index contributed by atoms with van der Waals surface area (Å²) in [5.41, 5.74) is 6.06. The van der Waals surface area contributed by atoms with Gasteiger partial charge in [0.25, 0.3) is 5.91 Å². The number of likely N-dealkylation sites (tertiary alicyclic amines) is 1. The monoisotopic (exact) mass is 388 g/mol. The van der Waals surface area contributed by atoms with Gasteiger partial charge in [0.2, 0.25) is 0 Å². The van der Waals surface area contributed by atoms with Crippen LogP contribution in [0.5, 0.6) is 0 Å². The third-order valence-corrected chi connectivity index (χ3v) is 5.69. The molecule has 2 aromatic carbocycles. The lowest BCUT2D eigenvalue weighted by molar-refractivity contribution is 0.102. The van der Waals surface area contributed by atoms with Crippen LogP contribution in [0.1, 0.15) is 46.6 Å². The minimum atomic E-state index is -0.131. The Labute approximate surface area is 172 Å². The van der Waals surface area contributed by atoms with E-state index in [9.17, 15) is 4.79 Å². The molecular formula is C24H28N4O. The number of rotatable bonds is 6. The van der Waals surface area contributed by atoms with Crippen LogP contribution in [-0.2, 0) is 6.42 Å². The molecule has 5 heteroatoms. The Morgan fingerprint density at radius 1 is 0.966 bits per heavy atom. The predicted molar refractivity (Wildman–Crippen MR) is 117 cm³/mol. The fraction of sp³-hybridized carbons (Fsp3) is 0.375. The standard InChI is InChI=1S/C24H28N4O/c1-17-18(2)26-23-16-20(9-12-22(23)25-17)24(29)27-21-10-7-19(8-11-21)6-5-15-28-13-3-4-14-28/h7-12,16H,3-6,13-15H2,1-2H3,(H,27,29). The number of fused-ring (bicyclic) bond motifs is 1. The van der Waals surface area contributed by atoms with Gasteiger partial charge in [-0.15, -0.1) is 0 Å². The van der Waals surface area contributed by atoms with Gasteiger partial charge in [-0.05, 0) is 95.1 Å². The number of nitrogens with zero attached hydrogens (tertiary/aromatic N) is 3. The first-order chi connectivity index (χ1) is 14.1. The molecule has 2 heterocycles. The van der Waals surface area contributed by atoms with Crippen molar-refractivity contribution in [2.75, 3.05) is 25.0 Å². The van der Waals surface area contributed by atoms with Gasteiger partial charge in [-0.3, -0.25) is 4.79 Å². The van der Waals surface area contributed by atoms with Gasteiger partial charge in [-0.25, -0.2) is 9.97 Å². The predicted octanol–water partition coefficient (Wildman–Crippen LogP) is 4.53. The molecule has 0 radical (unpaired) electrons. The van der Waals surface area contributed by atoms with Crippen LogP contribution in [0, 0.1) is 13.8 Å². The summed E-state index contributed by atoms with van der Waals surface area (Å²) in [4.78, 5) is 24.3. The number of hydrogen-bond acceptors (Lipinski definition) is 4. The number of nitrogens with one attached hydrogen (secondary N) is 1.